The molecular formula is C21H28N6O2. The molecule has 29 heavy (non-hydrogen) atoms. The Bertz CT molecular complexity index is 865. The van der Waals surface area contributed by atoms with Gasteiger partial charge in [-0.2, -0.15) is 0 Å². The molecule has 0 amide bonds. The van der Waals surface area contributed by atoms with Crippen LogP contribution in [0.5, 0.6) is 11.5 Å². The van der Waals surface area contributed by atoms with Crippen molar-refractivity contribution in [3.05, 3.63) is 41.7 Å². The first-order chi connectivity index (χ1) is 14.1. The number of fused-ring (bicyclic) bond motifs is 1. The fourth-order valence-corrected chi connectivity index (χ4v) is 3.75. The Morgan fingerprint density at radius 3 is 2.72 bits per heavy atom. The van der Waals surface area contributed by atoms with Crippen LogP contribution in [0.4, 0.5) is 5.95 Å². The van der Waals surface area contributed by atoms with Gasteiger partial charge in [0.2, 0.25) is 5.95 Å². The highest BCUT2D eigenvalue weighted by Gasteiger charge is 2.23. The minimum atomic E-state index is 0.202. The Morgan fingerprint density at radius 1 is 1.24 bits per heavy atom. The summed E-state index contributed by atoms with van der Waals surface area (Å²) in [6.07, 6.45) is 4.65. The number of piperazine rings is 1. The van der Waals surface area contributed by atoms with Crippen LogP contribution in [-0.4, -0.2) is 59.7 Å². The van der Waals surface area contributed by atoms with Crippen molar-refractivity contribution in [1.82, 2.24) is 14.9 Å². The van der Waals surface area contributed by atoms with E-state index in [-0.39, 0.29) is 6.10 Å². The Hall–Kier alpha value is -3.03. The third-order valence-corrected chi connectivity index (χ3v) is 5.23. The second-order valence-corrected chi connectivity index (χ2v) is 7.33. The third-order valence-electron chi connectivity index (χ3n) is 5.23. The number of benzene rings is 1. The van der Waals surface area contributed by atoms with Crippen molar-refractivity contribution in [3.8, 4) is 11.5 Å². The third kappa shape index (κ3) is 4.36. The lowest BCUT2D eigenvalue weighted by molar-refractivity contribution is 0.254. The summed E-state index contributed by atoms with van der Waals surface area (Å²) in [4.78, 5) is 17.5. The number of aliphatic imine (C=N–C) groups is 1. The Balaban J connectivity index is 1.41. The molecule has 2 aliphatic rings. The summed E-state index contributed by atoms with van der Waals surface area (Å²) in [5, 5.41) is 0. The van der Waals surface area contributed by atoms with Crippen LogP contribution in [0.3, 0.4) is 0 Å². The zero-order chi connectivity index (χ0) is 20.2. The van der Waals surface area contributed by atoms with E-state index in [4.69, 9.17) is 15.2 Å². The van der Waals surface area contributed by atoms with Gasteiger partial charge in [-0.3, -0.25) is 0 Å². The molecule has 2 aromatic rings. The van der Waals surface area contributed by atoms with Crippen molar-refractivity contribution in [3.63, 3.8) is 0 Å². The van der Waals surface area contributed by atoms with Crippen LogP contribution in [-0.2, 0) is 13.0 Å². The van der Waals surface area contributed by atoms with E-state index in [2.05, 4.69) is 37.8 Å². The lowest BCUT2D eigenvalue weighted by Gasteiger charge is -2.35. The smallest absolute Gasteiger partial charge is 0.225 e. The fraction of sp³-hybridized carbons (Fsp3) is 0.476. The molecule has 2 aliphatic heterocycles. The van der Waals surface area contributed by atoms with Crippen LogP contribution in [0.15, 0.2) is 35.6 Å². The molecule has 1 fully saturated rings. The lowest BCUT2D eigenvalue weighted by Crippen LogP contribution is -2.51. The lowest BCUT2D eigenvalue weighted by atomic mass is 10.1. The van der Waals surface area contributed by atoms with E-state index in [1.165, 1.54) is 5.56 Å². The van der Waals surface area contributed by atoms with E-state index < -0.39 is 0 Å². The van der Waals surface area contributed by atoms with Gasteiger partial charge in [-0.05, 0) is 32.0 Å². The largest absolute Gasteiger partial charge is 0.494 e. The first kappa shape index (κ1) is 19.3. The minimum Gasteiger partial charge on any atom is -0.494 e. The van der Waals surface area contributed by atoms with Gasteiger partial charge in [0.25, 0.3) is 0 Å². The molecule has 1 unspecified atom stereocenters. The van der Waals surface area contributed by atoms with Gasteiger partial charge >= 0.3 is 0 Å². The summed E-state index contributed by atoms with van der Waals surface area (Å²) in [7, 11) is 0. The van der Waals surface area contributed by atoms with Crippen LogP contribution in [0.1, 0.15) is 25.0 Å². The molecule has 2 N–H and O–H groups in total. The second-order valence-electron chi connectivity index (χ2n) is 7.33. The Kier molecular flexibility index (Phi) is 5.69. The molecule has 154 valence electrons. The summed E-state index contributed by atoms with van der Waals surface area (Å²) in [6.45, 7) is 8.36. The molecule has 4 rings (SSSR count). The van der Waals surface area contributed by atoms with Crippen LogP contribution >= 0.6 is 0 Å². The maximum Gasteiger partial charge on any atom is 0.225 e. The van der Waals surface area contributed by atoms with Crippen molar-refractivity contribution in [2.45, 2.75) is 32.9 Å². The highest BCUT2D eigenvalue weighted by molar-refractivity contribution is 5.78. The van der Waals surface area contributed by atoms with Gasteiger partial charge in [0.15, 0.2) is 5.96 Å². The normalized spacial score (nSPS) is 19.1. The number of ether oxygens (including phenoxy) is 2. The summed E-state index contributed by atoms with van der Waals surface area (Å²) < 4.78 is 11.7. The average Bonchev–Trinajstić information content (AvgIpc) is 3.11. The van der Waals surface area contributed by atoms with Crippen molar-refractivity contribution < 1.29 is 9.47 Å². The van der Waals surface area contributed by atoms with E-state index in [0.717, 1.165) is 55.6 Å². The quantitative estimate of drug-likeness (QED) is 0.609. The van der Waals surface area contributed by atoms with E-state index in [1.54, 1.807) is 12.4 Å². The Labute approximate surface area is 171 Å². The summed E-state index contributed by atoms with van der Waals surface area (Å²) in [5.41, 5.74) is 8.49. The Morgan fingerprint density at radius 2 is 2.00 bits per heavy atom. The predicted octanol–water partition coefficient (Wildman–Crippen LogP) is 1.84. The molecule has 1 aromatic carbocycles. The molecular weight excluding hydrogens is 368 g/mol. The summed E-state index contributed by atoms with van der Waals surface area (Å²) in [5.74, 6) is 3.11. The molecule has 1 aromatic heterocycles. The topological polar surface area (TPSA) is 89.1 Å². The van der Waals surface area contributed by atoms with Gasteiger partial charge in [0, 0.05) is 56.1 Å². The summed E-state index contributed by atoms with van der Waals surface area (Å²) in [6, 6.07) is 5.96. The number of rotatable bonds is 5. The zero-order valence-corrected chi connectivity index (χ0v) is 17.0. The van der Waals surface area contributed by atoms with Crippen LogP contribution < -0.4 is 20.1 Å². The predicted molar refractivity (Wildman–Crippen MR) is 113 cm³/mol. The number of guanidine groups is 1. The van der Waals surface area contributed by atoms with E-state index in [1.807, 2.05) is 19.1 Å². The fourth-order valence-electron chi connectivity index (χ4n) is 3.75. The maximum absolute atomic E-state index is 6.29. The van der Waals surface area contributed by atoms with Crippen LogP contribution in [0.25, 0.3) is 0 Å². The second kappa shape index (κ2) is 8.55. The molecule has 1 saturated heterocycles. The maximum atomic E-state index is 6.29. The molecule has 8 heteroatoms. The minimum absolute atomic E-state index is 0.202. The number of hydrogen-bond donors (Lipinski definition) is 1. The SMILES string of the molecule is CCOc1cc2c(cc1CN=C(N)N1CCN(c3ncccn3)CC1)OC(C)C2. The first-order valence-electron chi connectivity index (χ1n) is 10.2. The van der Waals surface area contributed by atoms with Gasteiger partial charge in [-0.15, -0.1) is 0 Å². The van der Waals surface area contributed by atoms with Gasteiger partial charge in [-0.25, -0.2) is 15.0 Å². The molecule has 0 radical (unpaired) electrons. The molecule has 0 saturated carbocycles. The molecule has 0 bridgehead atoms. The van der Waals surface area contributed by atoms with Crippen LogP contribution in [0, 0.1) is 0 Å². The monoisotopic (exact) mass is 396 g/mol. The van der Waals surface area contributed by atoms with Crippen molar-refractivity contribution >= 4 is 11.9 Å². The standard InChI is InChI=1S/C21H28N6O2/c1-3-28-18-12-16-11-15(2)29-19(16)13-17(18)14-25-20(22)26-7-9-27(10-8-26)21-23-5-4-6-24-21/h4-6,12-13,15H,3,7-11,14H2,1-2H3,(H2,22,25). The average molecular weight is 396 g/mol. The van der Waals surface area contributed by atoms with Gasteiger partial charge in [0.05, 0.1) is 13.2 Å². The molecule has 3 heterocycles. The number of hydrogen-bond acceptors (Lipinski definition) is 6. The molecule has 1 atom stereocenters. The summed E-state index contributed by atoms with van der Waals surface area (Å²) >= 11 is 0. The van der Waals surface area contributed by atoms with E-state index in [0.29, 0.717) is 19.1 Å². The molecule has 0 aliphatic carbocycles. The van der Waals surface area contributed by atoms with Crippen molar-refractivity contribution in [1.29, 1.82) is 0 Å². The number of anilines is 1. The molecule has 0 spiro atoms. The van der Waals surface area contributed by atoms with Gasteiger partial charge < -0.3 is 25.0 Å². The van der Waals surface area contributed by atoms with E-state index >= 15 is 0 Å². The zero-order valence-electron chi connectivity index (χ0n) is 17.0. The number of nitrogens with zero attached hydrogens (tertiary/aromatic N) is 5. The van der Waals surface area contributed by atoms with Gasteiger partial charge in [0.1, 0.15) is 17.6 Å². The molecule has 8 nitrogen and oxygen atoms in total. The van der Waals surface area contributed by atoms with Crippen molar-refractivity contribution in [2.24, 2.45) is 10.7 Å². The van der Waals surface area contributed by atoms with Crippen molar-refractivity contribution in [2.75, 3.05) is 37.7 Å². The van der Waals surface area contributed by atoms with Gasteiger partial charge in [-0.1, -0.05) is 0 Å². The number of aromatic nitrogens is 2. The van der Waals surface area contributed by atoms with Crippen LogP contribution in [0.2, 0.25) is 0 Å². The first-order valence-corrected chi connectivity index (χ1v) is 10.2. The highest BCUT2D eigenvalue weighted by Crippen LogP contribution is 2.35. The van der Waals surface area contributed by atoms with E-state index in [9.17, 15) is 0 Å². The highest BCUT2D eigenvalue weighted by atomic mass is 16.5. The number of nitrogens with two attached hydrogens (primary N) is 1.